The zero-order chi connectivity index (χ0) is 15.4. The molecule has 0 saturated carbocycles. The highest BCUT2D eigenvalue weighted by Crippen LogP contribution is 2.32. The number of ether oxygens (including phenoxy) is 1. The molecular weight excluding hydrogens is 274 g/mol. The maximum absolute atomic E-state index is 11.1. The number of primary amides is 1. The Morgan fingerprint density at radius 3 is 2.43 bits per heavy atom. The van der Waals surface area contributed by atoms with E-state index in [0.717, 1.165) is 11.8 Å². The van der Waals surface area contributed by atoms with Gasteiger partial charge in [0.05, 0.1) is 4.92 Å². The molecule has 3 N–H and O–H groups in total. The van der Waals surface area contributed by atoms with Crippen LogP contribution in [0, 0.1) is 10.1 Å². The Labute approximate surface area is 120 Å². The molecule has 7 heteroatoms. The van der Waals surface area contributed by atoms with E-state index in [-0.39, 0.29) is 17.0 Å². The van der Waals surface area contributed by atoms with Crippen LogP contribution in [0.4, 0.5) is 11.4 Å². The van der Waals surface area contributed by atoms with Crippen molar-refractivity contribution >= 4 is 17.3 Å². The monoisotopic (exact) mass is 287 g/mol. The molecule has 1 amide bonds. The molecule has 0 heterocycles. The fraction of sp³-hybridized carbons (Fsp3) is 0.0714. The van der Waals surface area contributed by atoms with Crippen LogP contribution in [0.3, 0.4) is 0 Å². The van der Waals surface area contributed by atoms with Crippen LogP contribution in [0.5, 0.6) is 11.5 Å². The first-order chi connectivity index (χ1) is 10.0. The van der Waals surface area contributed by atoms with Crippen LogP contribution in [-0.4, -0.2) is 17.9 Å². The summed E-state index contributed by atoms with van der Waals surface area (Å²) in [5.41, 5.74) is 5.74. The van der Waals surface area contributed by atoms with Gasteiger partial charge in [-0.3, -0.25) is 14.9 Å². The summed E-state index contributed by atoms with van der Waals surface area (Å²) >= 11 is 0. The van der Waals surface area contributed by atoms with Crippen LogP contribution < -0.4 is 15.8 Å². The molecule has 0 bridgehead atoms. The van der Waals surface area contributed by atoms with Crippen molar-refractivity contribution in [2.45, 2.75) is 0 Å². The number of nitrogens with zero attached hydrogens (tertiary/aromatic N) is 1. The molecule has 0 aliphatic rings. The Morgan fingerprint density at radius 1 is 1.24 bits per heavy atom. The van der Waals surface area contributed by atoms with E-state index in [1.165, 1.54) is 12.1 Å². The second kappa shape index (κ2) is 5.91. The van der Waals surface area contributed by atoms with Gasteiger partial charge < -0.3 is 15.8 Å². The number of hydrogen-bond donors (Lipinski definition) is 2. The van der Waals surface area contributed by atoms with E-state index in [0.29, 0.717) is 5.75 Å². The molecule has 7 nitrogen and oxygen atoms in total. The van der Waals surface area contributed by atoms with Gasteiger partial charge in [-0.25, -0.2) is 0 Å². The number of anilines is 1. The molecule has 0 aliphatic carbocycles. The van der Waals surface area contributed by atoms with E-state index >= 15 is 0 Å². The Bertz CT molecular complexity index is 683. The van der Waals surface area contributed by atoms with Crippen molar-refractivity contribution in [1.29, 1.82) is 0 Å². The number of benzene rings is 2. The molecule has 2 rings (SSSR count). The molecular formula is C14H13N3O4. The highest BCUT2D eigenvalue weighted by atomic mass is 16.6. The molecule has 21 heavy (non-hydrogen) atoms. The molecule has 0 radical (unpaired) electrons. The first-order valence-electron chi connectivity index (χ1n) is 6.05. The first-order valence-corrected chi connectivity index (χ1v) is 6.05. The average Bonchev–Trinajstić information content (AvgIpc) is 2.48. The Hall–Kier alpha value is -3.09. The summed E-state index contributed by atoms with van der Waals surface area (Å²) in [5.74, 6) is -0.242. The van der Waals surface area contributed by atoms with E-state index < -0.39 is 10.8 Å². The minimum atomic E-state index is -0.733. The second-order valence-corrected chi connectivity index (χ2v) is 4.18. The third-order valence-corrected chi connectivity index (χ3v) is 2.81. The normalized spacial score (nSPS) is 9.95. The molecule has 2 aromatic carbocycles. The van der Waals surface area contributed by atoms with Crippen LogP contribution in [0.25, 0.3) is 0 Å². The minimum Gasteiger partial charge on any atom is -0.450 e. The maximum atomic E-state index is 11.1. The van der Waals surface area contributed by atoms with Crippen LogP contribution in [0.2, 0.25) is 0 Å². The van der Waals surface area contributed by atoms with Crippen molar-refractivity contribution in [3.05, 3.63) is 58.1 Å². The van der Waals surface area contributed by atoms with Crippen LogP contribution in [0.1, 0.15) is 10.4 Å². The van der Waals surface area contributed by atoms with Gasteiger partial charge in [0.15, 0.2) is 0 Å². The van der Waals surface area contributed by atoms with E-state index in [1.807, 2.05) is 0 Å². The van der Waals surface area contributed by atoms with Gasteiger partial charge in [-0.2, -0.15) is 0 Å². The lowest BCUT2D eigenvalue weighted by molar-refractivity contribution is -0.385. The zero-order valence-corrected chi connectivity index (χ0v) is 11.2. The zero-order valence-electron chi connectivity index (χ0n) is 11.2. The van der Waals surface area contributed by atoms with Gasteiger partial charge in [0.2, 0.25) is 11.7 Å². The number of nitro benzene ring substituents is 1. The van der Waals surface area contributed by atoms with Gasteiger partial charge in [-0.05, 0) is 36.4 Å². The quantitative estimate of drug-likeness (QED) is 0.649. The van der Waals surface area contributed by atoms with Gasteiger partial charge in [0.25, 0.3) is 0 Å². The third-order valence-electron chi connectivity index (χ3n) is 2.81. The van der Waals surface area contributed by atoms with Gasteiger partial charge in [-0.15, -0.1) is 0 Å². The number of amides is 1. The van der Waals surface area contributed by atoms with Crippen LogP contribution in [0.15, 0.2) is 42.5 Å². The average molecular weight is 287 g/mol. The molecule has 0 saturated heterocycles. The number of nitrogens with two attached hydrogens (primary N) is 1. The highest BCUT2D eigenvalue weighted by Gasteiger charge is 2.18. The molecule has 0 fully saturated rings. The number of rotatable bonds is 5. The van der Waals surface area contributed by atoms with E-state index in [1.54, 1.807) is 31.3 Å². The Kier molecular flexibility index (Phi) is 4.03. The summed E-state index contributed by atoms with van der Waals surface area (Å²) in [7, 11) is 1.78. The largest absolute Gasteiger partial charge is 0.450 e. The topological polar surface area (TPSA) is 107 Å². The summed E-state index contributed by atoms with van der Waals surface area (Å²) in [6.07, 6.45) is 0. The molecule has 2 aromatic rings. The second-order valence-electron chi connectivity index (χ2n) is 4.18. The van der Waals surface area contributed by atoms with Gasteiger partial charge in [0.1, 0.15) is 5.75 Å². The fourth-order valence-corrected chi connectivity index (χ4v) is 1.72. The number of carbonyl (C=O) groups excluding carboxylic acids is 1. The van der Waals surface area contributed by atoms with Gasteiger partial charge in [0, 0.05) is 24.4 Å². The summed E-state index contributed by atoms with van der Waals surface area (Å²) < 4.78 is 5.48. The van der Waals surface area contributed by atoms with E-state index in [4.69, 9.17) is 10.5 Å². The van der Waals surface area contributed by atoms with Gasteiger partial charge in [-0.1, -0.05) is 0 Å². The molecule has 0 spiro atoms. The Morgan fingerprint density at radius 2 is 1.90 bits per heavy atom. The number of nitro groups is 1. The lowest BCUT2D eigenvalue weighted by Gasteiger charge is -2.08. The van der Waals surface area contributed by atoms with Crippen molar-refractivity contribution < 1.29 is 14.5 Å². The lowest BCUT2D eigenvalue weighted by atomic mass is 10.2. The van der Waals surface area contributed by atoms with Crippen LogP contribution in [-0.2, 0) is 0 Å². The molecule has 108 valence electrons. The highest BCUT2D eigenvalue weighted by molar-refractivity contribution is 5.93. The number of carbonyl (C=O) groups is 1. The van der Waals surface area contributed by atoms with Crippen LogP contribution >= 0.6 is 0 Å². The lowest BCUT2D eigenvalue weighted by Crippen LogP contribution is -2.11. The summed E-state index contributed by atoms with van der Waals surface area (Å²) in [6.45, 7) is 0. The summed E-state index contributed by atoms with van der Waals surface area (Å²) in [6, 6.07) is 10.7. The smallest absolute Gasteiger partial charge is 0.312 e. The number of hydrogen-bond acceptors (Lipinski definition) is 5. The molecule has 0 aromatic heterocycles. The van der Waals surface area contributed by atoms with E-state index in [9.17, 15) is 14.9 Å². The SMILES string of the molecule is CNc1ccc(Oc2ccc(C(N)=O)cc2[N+](=O)[O-])cc1. The van der Waals surface area contributed by atoms with E-state index in [2.05, 4.69) is 5.32 Å². The van der Waals surface area contributed by atoms with Crippen molar-refractivity contribution in [3.8, 4) is 11.5 Å². The van der Waals surface area contributed by atoms with Crippen molar-refractivity contribution in [3.63, 3.8) is 0 Å². The predicted molar refractivity (Wildman–Crippen MR) is 77.7 cm³/mol. The maximum Gasteiger partial charge on any atom is 0.312 e. The molecule has 0 unspecified atom stereocenters. The Balaban J connectivity index is 2.34. The van der Waals surface area contributed by atoms with Crippen molar-refractivity contribution in [2.24, 2.45) is 5.73 Å². The van der Waals surface area contributed by atoms with Crippen molar-refractivity contribution in [1.82, 2.24) is 0 Å². The number of nitrogens with one attached hydrogen (secondary N) is 1. The standard InChI is InChI=1S/C14H13N3O4/c1-16-10-3-5-11(6-4-10)21-13-7-2-9(14(15)18)8-12(13)17(19)20/h2-8,16H,1H3,(H2,15,18). The fourth-order valence-electron chi connectivity index (χ4n) is 1.72. The summed E-state index contributed by atoms with van der Waals surface area (Å²) in [4.78, 5) is 21.5. The predicted octanol–water partition coefficient (Wildman–Crippen LogP) is 2.53. The first kappa shape index (κ1) is 14.3. The molecule has 0 atom stereocenters. The van der Waals surface area contributed by atoms with Crippen molar-refractivity contribution in [2.75, 3.05) is 12.4 Å². The molecule has 0 aliphatic heterocycles. The summed E-state index contributed by atoms with van der Waals surface area (Å²) in [5, 5.41) is 14.0. The minimum absolute atomic E-state index is 0.0437. The van der Waals surface area contributed by atoms with Gasteiger partial charge >= 0.3 is 5.69 Å². The third kappa shape index (κ3) is 3.27.